The van der Waals surface area contributed by atoms with Gasteiger partial charge in [0.25, 0.3) is 5.91 Å². The van der Waals surface area contributed by atoms with Gasteiger partial charge >= 0.3 is 0 Å². The molecule has 2 aromatic heterocycles. The molecule has 1 N–H and O–H groups in total. The highest BCUT2D eigenvalue weighted by Crippen LogP contribution is 2.29. The molecule has 0 spiro atoms. The predicted molar refractivity (Wildman–Crippen MR) is 123 cm³/mol. The minimum atomic E-state index is -0.936. The Kier molecular flexibility index (Phi) is 6.21. The number of rotatable bonds is 4. The third kappa shape index (κ3) is 4.55. The molecule has 4 rings (SSSR count). The molecule has 0 aliphatic carbocycles. The second kappa shape index (κ2) is 9.04. The molecule has 1 aliphatic rings. The van der Waals surface area contributed by atoms with Crippen molar-refractivity contribution in [3.05, 3.63) is 81.0 Å². The largest absolute Gasteiger partial charge is 0.351 e. The normalized spacial score (nSPS) is 14.0. The maximum absolute atomic E-state index is 13.8. The van der Waals surface area contributed by atoms with Crippen molar-refractivity contribution in [2.24, 2.45) is 0 Å². The molecule has 31 heavy (non-hydrogen) atoms. The van der Waals surface area contributed by atoms with E-state index in [2.05, 4.69) is 54.7 Å². The first-order valence-electron chi connectivity index (χ1n) is 9.56. The van der Waals surface area contributed by atoms with Gasteiger partial charge in [-0.05, 0) is 65.8 Å². The highest BCUT2D eigenvalue weighted by Gasteiger charge is 2.22. The molecule has 0 saturated carbocycles. The van der Waals surface area contributed by atoms with Crippen LogP contribution in [-0.4, -0.2) is 33.9 Å². The Morgan fingerprint density at radius 2 is 1.87 bits per heavy atom. The van der Waals surface area contributed by atoms with E-state index < -0.39 is 23.1 Å². The molecular formula is C22H18F2IN5O. The fraction of sp³-hybridized carbons (Fsp3) is 0.182. The molecule has 3 heterocycles. The van der Waals surface area contributed by atoms with Gasteiger partial charge in [0.1, 0.15) is 23.0 Å². The minimum Gasteiger partial charge on any atom is -0.351 e. The number of aromatic nitrogens is 3. The number of nitrogens with zero attached hydrogens (tertiary/aromatic N) is 4. The van der Waals surface area contributed by atoms with Crippen LogP contribution in [0.15, 0.2) is 54.5 Å². The van der Waals surface area contributed by atoms with Gasteiger partial charge in [0.05, 0.1) is 21.7 Å². The maximum atomic E-state index is 13.8. The summed E-state index contributed by atoms with van der Waals surface area (Å²) in [5.74, 6) is -1.75. The molecule has 3 aromatic rings. The number of pyridine rings is 1. The molecule has 0 bridgehead atoms. The third-order valence-electron chi connectivity index (χ3n) is 5.05. The van der Waals surface area contributed by atoms with Gasteiger partial charge in [-0.15, -0.1) is 0 Å². The number of carbonyl (C=O) groups excluding carboxylic acids is 1. The van der Waals surface area contributed by atoms with Crippen LogP contribution in [0.5, 0.6) is 0 Å². The van der Waals surface area contributed by atoms with Crippen LogP contribution in [0.4, 0.5) is 20.4 Å². The molecule has 1 aliphatic heterocycles. The Hall–Kier alpha value is -2.95. The number of carbonyl (C=O) groups is 1. The van der Waals surface area contributed by atoms with Crippen LogP contribution in [0.2, 0.25) is 0 Å². The second-order valence-corrected chi connectivity index (χ2v) is 8.24. The number of amides is 1. The van der Waals surface area contributed by atoms with Crippen LogP contribution in [-0.2, 0) is 0 Å². The molecule has 0 saturated heterocycles. The number of hydrogen-bond acceptors (Lipinski definition) is 5. The monoisotopic (exact) mass is 533 g/mol. The zero-order chi connectivity index (χ0) is 22.0. The first kappa shape index (κ1) is 21.3. The van der Waals surface area contributed by atoms with Crippen molar-refractivity contribution in [2.75, 3.05) is 23.3 Å². The summed E-state index contributed by atoms with van der Waals surface area (Å²) in [4.78, 5) is 27.6. The number of nitrogens with one attached hydrogen (secondary N) is 1. The van der Waals surface area contributed by atoms with Crippen LogP contribution in [0.25, 0.3) is 5.57 Å². The Bertz CT molecular complexity index is 1150. The van der Waals surface area contributed by atoms with Crippen molar-refractivity contribution < 1.29 is 13.6 Å². The van der Waals surface area contributed by atoms with E-state index in [1.165, 1.54) is 17.8 Å². The van der Waals surface area contributed by atoms with E-state index in [9.17, 15) is 13.6 Å². The van der Waals surface area contributed by atoms with E-state index in [1.807, 2.05) is 12.1 Å². The Morgan fingerprint density at radius 1 is 1.10 bits per heavy atom. The molecule has 1 aromatic carbocycles. The number of hydrogen-bond donors (Lipinski definition) is 1. The van der Waals surface area contributed by atoms with Crippen molar-refractivity contribution in [1.29, 1.82) is 0 Å². The van der Waals surface area contributed by atoms with Crippen molar-refractivity contribution in [3.8, 4) is 0 Å². The average molecular weight is 533 g/mol. The van der Waals surface area contributed by atoms with Crippen molar-refractivity contribution in [3.63, 3.8) is 0 Å². The van der Waals surface area contributed by atoms with E-state index in [0.29, 0.717) is 12.2 Å². The van der Waals surface area contributed by atoms with Crippen LogP contribution < -0.4 is 10.2 Å². The van der Waals surface area contributed by atoms with Crippen LogP contribution in [0.1, 0.15) is 29.4 Å². The molecule has 1 amide bonds. The van der Waals surface area contributed by atoms with E-state index in [1.54, 1.807) is 12.4 Å². The first-order valence-corrected chi connectivity index (χ1v) is 10.6. The maximum Gasteiger partial charge on any atom is 0.262 e. The zero-order valence-corrected chi connectivity index (χ0v) is 18.7. The number of halogens is 3. The highest BCUT2D eigenvalue weighted by molar-refractivity contribution is 14.1. The van der Waals surface area contributed by atoms with E-state index in [4.69, 9.17) is 0 Å². The van der Waals surface area contributed by atoms with Gasteiger partial charge in [-0.3, -0.25) is 9.78 Å². The predicted octanol–water partition coefficient (Wildman–Crippen LogP) is 4.69. The summed E-state index contributed by atoms with van der Waals surface area (Å²) in [7, 11) is 0. The summed E-state index contributed by atoms with van der Waals surface area (Å²) in [5, 5.41) is 2.39. The quantitative estimate of drug-likeness (QED) is 0.493. The summed E-state index contributed by atoms with van der Waals surface area (Å²) >= 11 is 2.27. The lowest BCUT2D eigenvalue weighted by molar-refractivity contribution is 0.101. The van der Waals surface area contributed by atoms with Crippen LogP contribution in [0, 0.1) is 15.2 Å². The van der Waals surface area contributed by atoms with Gasteiger partial charge in [-0.2, -0.15) is 0 Å². The average Bonchev–Trinajstić information content (AvgIpc) is 2.75. The molecule has 0 radical (unpaired) electrons. The lowest BCUT2D eigenvalue weighted by Gasteiger charge is -2.31. The smallest absolute Gasteiger partial charge is 0.262 e. The van der Waals surface area contributed by atoms with Crippen molar-refractivity contribution >= 4 is 45.7 Å². The Morgan fingerprint density at radius 3 is 2.55 bits per heavy atom. The Balaban J connectivity index is 1.52. The summed E-state index contributed by atoms with van der Waals surface area (Å²) in [5.41, 5.74) is 2.28. The third-order valence-corrected chi connectivity index (χ3v) is 5.89. The summed E-state index contributed by atoms with van der Waals surface area (Å²) in [6.07, 6.45) is 5.58. The SMILES string of the molecule is CC1=C(c2cnc(NC(=O)c3c(F)cccc3F)cn2)CN(c2ncccc2I)CC1. The number of benzene rings is 1. The molecule has 0 fully saturated rings. The first-order chi connectivity index (χ1) is 14.9. The summed E-state index contributed by atoms with van der Waals surface area (Å²) in [6.45, 7) is 3.56. The van der Waals surface area contributed by atoms with Gasteiger partial charge in [0.2, 0.25) is 0 Å². The molecular weight excluding hydrogens is 515 g/mol. The van der Waals surface area contributed by atoms with Crippen LogP contribution in [0.3, 0.4) is 0 Å². The van der Waals surface area contributed by atoms with Crippen molar-refractivity contribution in [1.82, 2.24) is 15.0 Å². The lowest BCUT2D eigenvalue weighted by atomic mass is 9.99. The highest BCUT2D eigenvalue weighted by atomic mass is 127. The van der Waals surface area contributed by atoms with E-state index in [0.717, 1.165) is 40.1 Å². The fourth-order valence-corrected chi connectivity index (χ4v) is 4.08. The molecule has 0 atom stereocenters. The topological polar surface area (TPSA) is 71.0 Å². The van der Waals surface area contributed by atoms with Gasteiger partial charge in [0, 0.05) is 19.3 Å². The zero-order valence-electron chi connectivity index (χ0n) is 16.6. The standard InChI is InChI=1S/C22H18F2IN5O/c1-13-7-9-30(21-17(25)6-3-8-26-21)12-14(13)18-10-28-19(11-27-18)29-22(31)20-15(23)4-2-5-16(20)24/h2-6,8,10-11H,7,9,12H2,1H3,(H,28,29,31). The minimum absolute atomic E-state index is 0.113. The summed E-state index contributed by atoms with van der Waals surface area (Å²) < 4.78 is 28.7. The molecule has 158 valence electrons. The van der Waals surface area contributed by atoms with E-state index >= 15 is 0 Å². The van der Waals surface area contributed by atoms with Gasteiger partial charge < -0.3 is 10.2 Å². The van der Waals surface area contributed by atoms with E-state index in [-0.39, 0.29) is 5.82 Å². The van der Waals surface area contributed by atoms with Crippen molar-refractivity contribution in [2.45, 2.75) is 13.3 Å². The molecule has 0 unspecified atom stereocenters. The van der Waals surface area contributed by atoms with Gasteiger partial charge in [-0.25, -0.2) is 18.7 Å². The molecule has 6 nitrogen and oxygen atoms in total. The molecule has 9 heteroatoms. The summed E-state index contributed by atoms with van der Waals surface area (Å²) in [6, 6.07) is 7.18. The second-order valence-electron chi connectivity index (χ2n) is 7.08. The van der Waals surface area contributed by atoms with Gasteiger partial charge in [0.15, 0.2) is 5.82 Å². The number of anilines is 2. The Labute approximate surface area is 191 Å². The van der Waals surface area contributed by atoms with Crippen LogP contribution >= 0.6 is 22.6 Å². The van der Waals surface area contributed by atoms with Gasteiger partial charge in [-0.1, -0.05) is 11.6 Å². The lowest BCUT2D eigenvalue weighted by Crippen LogP contribution is -2.32. The fourth-order valence-electron chi connectivity index (χ4n) is 3.39.